The summed E-state index contributed by atoms with van der Waals surface area (Å²) in [7, 11) is 1.66. The molecular formula is C15H28N4O4. The van der Waals surface area contributed by atoms with Gasteiger partial charge in [0.2, 0.25) is 0 Å². The van der Waals surface area contributed by atoms with E-state index in [1.54, 1.807) is 18.9 Å². The van der Waals surface area contributed by atoms with Crippen molar-refractivity contribution in [2.24, 2.45) is 4.99 Å². The van der Waals surface area contributed by atoms with Crippen LogP contribution >= 0.6 is 0 Å². The molecule has 0 aliphatic carbocycles. The standard InChI is InChI=1S/C15H28N4O4/c1-6-22-14(21)19-9-7-18(8-10-19)13(16-5)17-11-12(20)23-15(2,3)4/h6-11H2,1-5H3,(H,16,17). The Hall–Kier alpha value is -1.99. The quantitative estimate of drug-likeness (QED) is 0.466. The molecule has 1 saturated heterocycles. The molecular weight excluding hydrogens is 300 g/mol. The third kappa shape index (κ3) is 6.75. The maximum Gasteiger partial charge on any atom is 0.409 e. The van der Waals surface area contributed by atoms with Crippen molar-refractivity contribution < 1.29 is 19.1 Å². The van der Waals surface area contributed by atoms with Crippen LogP contribution in [0.5, 0.6) is 0 Å². The predicted octanol–water partition coefficient (Wildman–Crippen LogP) is 0.678. The molecule has 1 heterocycles. The molecule has 0 radical (unpaired) electrons. The van der Waals surface area contributed by atoms with Crippen molar-refractivity contribution in [3.05, 3.63) is 0 Å². The molecule has 0 saturated carbocycles. The topological polar surface area (TPSA) is 83.5 Å². The largest absolute Gasteiger partial charge is 0.459 e. The van der Waals surface area contributed by atoms with Gasteiger partial charge in [0.25, 0.3) is 0 Å². The normalized spacial score (nSPS) is 16.1. The van der Waals surface area contributed by atoms with Crippen molar-refractivity contribution in [2.75, 3.05) is 46.4 Å². The van der Waals surface area contributed by atoms with E-state index in [4.69, 9.17) is 9.47 Å². The fourth-order valence-electron chi connectivity index (χ4n) is 2.18. The van der Waals surface area contributed by atoms with E-state index in [1.807, 2.05) is 25.7 Å². The Bertz CT molecular complexity index is 437. The highest BCUT2D eigenvalue weighted by Gasteiger charge is 2.24. The zero-order chi connectivity index (χ0) is 17.5. The van der Waals surface area contributed by atoms with E-state index < -0.39 is 5.60 Å². The van der Waals surface area contributed by atoms with E-state index >= 15 is 0 Å². The Morgan fingerprint density at radius 1 is 1.13 bits per heavy atom. The Morgan fingerprint density at radius 2 is 1.70 bits per heavy atom. The molecule has 1 rings (SSSR count). The highest BCUT2D eigenvalue weighted by Crippen LogP contribution is 2.07. The van der Waals surface area contributed by atoms with E-state index in [9.17, 15) is 9.59 Å². The summed E-state index contributed by atoms with van der Waals surface area (Å²) in [5, 5.41) is 3.00. The summed E-state index contributed by atoms with van der Waals surface area (Å²) in [6.07, 6.45) is -0.288. The van der Waals surface area contributed by atoms with Gasteiger partial charge in [0.05, 0.1) is 6.61 Å². The second-order valence-corrected chi connectivity index (χ2v) is 6.16. The number of ether oxygens (including phenoxy) is 2. The summed E-state index contributed by atoms with van der Waals surface area (Å²) in [4.78, 5) is 31.3. The lowest BCUT2D eigenvalue weighted by Crippen LogP contribution is -2.54. The van der Waals surface area contributed by atoms with Gasteiger partial charge in [-0.1, -0.05) is 0 Å². The van der Waals surface area contributed by atoms with Crippen LogP contribution in [0.3, 0.4) is 0 Å². The summed E-state index contributed by atoms with van der Waals surface area (Å²) in [5.74, 6) is 0.295. The van der Waals surface area contributed by atoms with Crippen molar-refractivity contribution in [3.8, 4) is 0 Å². The molecule has 23 heavy (non-hydrogen) atoms. The van der Waals surface area contributed by atoms with Crippen LogP contribution in [0.4, 0.5) is 4.79 Å². The van der Waals surface area contributed by atoms with Crippen molar-refractivity contribution >= 4 is 18.0 Å². The Labute approximate surface area is 137 Å². The minimum Gasteiger partial charge on any atom is -0.459 e. The molecule has 132 valence electrons. The lowest BCUT2D eigenvalue weighted by atomic mass is 10.2. The summed E-state index contributed by atoms with van der Waals surface area (Å²) in [6.45, 7) is 10.1. The first-order valence-electron chi connectivity index (χ1n) is 7.86. The molecule has 1 aliphatic heterocycles. The van der Waals surface area contributed by atoms with E-state index in [1.165, 1.54) is 0 Å². The van der Waals surface area contributed by atoms with Gasteiger partial charge in [-0.25, -0.2) is 4.79 Å². The van der Waals surface area contributed by atoms with E-state index in [-0.39, 0.29) is 18.6 Å². The Balaban J connectivity index is 2.43. The number of nitrogens with one attached hydrogen (secondary N) is 1. The first-order chi connectivity index (χ1) is 10.8. The molecule has 8 heteroatoms. The number of guanidine groups is 1. The predicted molar refractivity (Wildman–Crippen MR) is 87.4 cm³/mol. The third-order valence-electron chi connectivity index (χ3n) is 3.13. The lowest BCUT2D eigenvalue weighted by molar-refractivity contribution is -0.153. The SMILES string of the molecule is CCOC(=O)N1CCN(C(=NC)NCC(=O)OC(C)(C)C)CC1. The van der Waals surface area contributed by atoms with Crippen LogP contribution in [-0.2, 0) is 14.3 Å². The number of amides is 1. The molecule has 8 nitrogen and oxygen atoms in total. The van der Waals surface area contributed by atoms with Gasteiger partial charge in [-0.2, -0.15) is 0 Å². The fraction of sp³-hybridized carbons (Fsp3) is 0.800. The molecule has 0 unspecified atom stereocenters. The molecule has 0 aromatic heterocycles. The van der Waals surface area contributed by atoms with Crippen molar-refractivity contribution in [3.63, 3.8) is 0 Å². The van der Waals surface area contributed by atoms with Gasteiger partial charge >= 0.3 is 12.1 Å². The number of carbonyl (C=O) groups is 2. The molecule has 1 fully saturated rings. The molecule has 1 N–H and O–H groups in total. The van der Waals surface area contributed by atoms with Gasteiger partial charge in [-0.05, 0) is 27.7 Å². The Kier molecular flexibility index (Phi) is 7.12. The van der Waals surface area contributed by atoms with E-state index in [0.717, 1.165) is 0 Å². The number of hydrogen-bond acceptors (Lipinski definition) is 5. The maximum atomic E-state index is 11.7. The molecule has 1 aliphatic rings. The summed E-state index contributed by atoms with van der Waals surface area (Å²) in [6, 6.07) is 0. The summed E-state index contributed by atoms with van der Waals surface area (Å²) >= 11 is 0. The number of carbonyl (C=O) groups excluding carboxylic acids is 2. The average molecular weight is 328 g/mol. The van der Waals surface area contributed by atoms with Crippen molar-refractivity contribution in [2.45, 2.75) is 33.3 Å². The second kappa shape index (κ2) is 8.59. The van der Waals surface area contributed by atoms with Gasteiger partial charge in [0, 0.05) is 33.2 Å². The van der Waals surface area contributed by atoms with Gasteiger partial charge in [-0.3, -0.25) is 9.79 Å². The third-order valence-corrected chi connectivity index (χ3v) is 3.13. The molecule has 0 aromatic carbocycles. The minimum atomic E-state index is -0.506. The second-order valence-electron chi connectivity index (χ2n) is 6.16. The number of nitrogens with zero attached hydrogens (tertiary/aromatic N) is 3. The van der Waals surface area contributed by atoms with Crippen LogP contribution in [0.25, 0.3) is 0 Å². The minimum absolute atomic E-state index is 0.0576. The van der Waals surface area contributed by atoms with Crippen LogP contribution < -0.4 is 5.32 Å². The zero-order valence-corrected chi connectivity index (χ0v) is 14.7. The van der Waals surface area contributed by atoms with E-state index in [2.05, 4.69) is 10.3 Å². The first-order valence-corrected chi connectivity index (χ1v) is 7.86. The first kappa shape index (κ1) is 19.1. The van der Waals surface area contributed by atoms with Crippen LogP contribution in [0.15, 0.2) is 4.99 Å². The van der Waals surface area contributed by atoms with Crippen LogP contribution in [0.2, 0.25) is 0 Å². The molecule has 0 bridgehead atoms. The van der Waals surface area contributed by atoms with Gasteiger partial charge in [0.15, 0.2) is 5.96 Å². The van der Waals surface area contributed by atoms with Crippen molar-refractivity contribution in [1.29, 1.82) is 0 Å². The molecule has 0 atom stereocenters. The van der Waals surface area contributed by atoms with Gasteiger partial charge in [-0.15, -0.1) is 0 Å². The van der Waals surface area contributed by atoms with Gasteiger partial charge < -0.3 is 24.6 Å². The average Bonchev–Trinajstić information content (AvgIpc) is 2.47. The lowest BCUT2D eigenvalue weighted by Gasteiger charge is -2.35. The number of esters is 1. The number of piperazine rings is 1. The fourth-order valence-corrected chi connectivity index (χ4v) is 2.18. The molecule has 1 amide bonds. The van der Waals surface area contributed by atoms with Crippen LogP contribution in [0.1, 0.15) is 27.7 Å². The number of aliphatic imine (C=N–C) groups is 1. The monoisotopic (exact) mass is 328 g/mol. The molecule has 0 spiro atoms. The summed E-state index contributed by atoms with van der Waals surface area (Å²) < 4.78 is 10.2. The van der Waals surface area contributed by atoms with Crippen LogP contribution in [-0.4, -0.2) is 79.8 Å². The summed E-state index contributed by atoms with van der Waals surface area (Å²) in [5.41, 5.74) is -0.506. The van der Waals surface area contributed by atoms with Crippen molar-refractivity contribution in [1.82, 2.24) is 15.1 Å². The van der Waals surface area contributed by atoms with Gasteiger partial charge in [0.1, 0.15) is 12.1 Å². The maximum absolute atomic E-state index is 11.7. The number of hydrogen-bond donors (Lipinski definition) is 1. The van der Waals surface area contributed by atoms with E-state index in [0.29, 0.717) is 38.7 Å². The Morgan fingerprint density at radius 3 is 2.17 bits per heavy atom. The highest BCUT2D eigenvalue weighted by atomic mass is 16.6. The molecule has 0 aromatic rings. The van der Waals surface area contributed by atoms with Crippen LogP contribution in [0, 0.1) is 0 Å². The number of rotatable bonds is 3. The smallest absolute Gasteiger partial charge is 0.409 e. The highest BCUT2D eigenvalue weighted by molar-refractivity contribution is 5.84. The zero-order valence-electron chi connectivity index (χ0n) is 14.7.